The summed E-state index contributed by atoms with van der Waals surface area (Å²) in [6.07, 6.45) is 8.90. The van der Waals surface area contributed by atoms with Gasteiger partial charge in [0.2, 0.25) is 5.95 Å². The molecule has 1 aromatic carbocycles. The van der Waals surface area contributed by atoms with Gasteiger partial charge in [0.25, 0.3) is 11.8 Å². The number of amides is 2. The molecule has 244 valence electrons. The van der Waals surface area contributed by atoms with Crippen molar-refractivity contribution in [2.75, 3.05) is 71.3 Å². The highest BCUT2D eigenvalue weighted by Crippen LogP contribution is 2.24. The molecule has 4 heterocycles. The number of imidazole rings is 1. The van der Waals surface area contributed by atoms with Gasteiger partial charge >= 0.3 is 0 Å². The van der Waals surface area contributed by atoms with Crippen LogP contribution in [-0.2, 0) is 6.54 Å². The monoisotopic (exact) mass is 616 g/mol. The third kappa shape index (κ3) is 8.61. The Morgan fingerprint density at radius 1 is 0.800 bits per heavy atom. The average molecular weight is 617 g/mol. The van der Waals surface area contributed by atoms with E-state index in [9.17, 15) is 9.59 Å². The number of likely N-dealkylation sites (N-methyl/N-ethyl adjacent to an activating group) is 1. The van der Waals surface area contributed by atoms with Crippen molar-refractivity contribution in [2.45, 2.75) is 71.8 Å². The Bertz CT molecular complexity index is 1380. The number of piperazine rings is 1. The Balaban J connectivity index is 1.37. The number of hydrogen-bond donors (Lipinski definition) is 1. The standard InChI is InChI=1S/C35H52N8O2/c1-4-6-21-41(22-7-5-2)34(45)31-17-16-30-32(37-31)43(23-11-20-40-18-9-8-10-19-40)35(38-30)36-29-14-12-28(13-15-29)33(44)42-26-24-39(3)25-27-42/h12-17H,4-11,18-27H2,1-3H3,(H,36,38). The third-order valence-corrected chi connectivity index (χ3v) is 9.14. The summed E-state index contributed by atoms with van der Waals surface area (Å²) in [5.41, 5.74) is 3.53. The van der Waals surface area contributed by atoms with Gasteiger partial charge in [-0.15, -0.1) is 0 Å². The predicted molar refractivity (Wildman–Crippen MR) is 181 cm³/mol. The number of benzene rings is 1. The molecule has 3 aromatic rings. The molecular formula is C35H52N8O2. The van der Waals surface area contributed by atoms with Gasteiger partial charge in [-0.2, -0.15) is 0 Å². The fourth-order valence-corrected chi connectivity index (χ4v) is 6.26. The number of anilines is 2. The first-order valence-corrected chi connectivity index (χ1v) is 17.2. The average Bonchev–Trinajstić information content (AvgIpc) is 3.41. The highest BCUT2D eigenvalue weighted by atomic mass is 16.2. The number of likely N-dealkylation sites (tertiary alicyclic amines) is 1. The SMILES string of the molecule is CCCCN(CCCC)C(=O)c1ccc2nc(Nc3ccc(C(=O)N4CCN(C)CC4)cc3)n(CCCN3CCCCC3)c2n1. The van der Waals surface area contributed by atoms with Crippen LogP contribution in [0.25, 0.3) is 11.2 Å². The Kier molecular flexibility index (Phi) is 11.8. The number of piperidine rings is 1. The molecule has 0 aliphatic carbocycles. The number of pyridine rings is 1. The maximum atomic E-state index is 13.6. The molecule has 2 aliphatic heterocycles. The van der Waals surface area contributed by atoms with E-state index in [0.29, 0.717) is 17.2 Å². The zero-order valence-electron chi connectivity index (χ0n) is 27.6. The Morgan fingerprint density at radius 2 is 1.49 bits per heavy atom. The smallest absolute Gasteiger partial charge is 0.272 e. The number of unbranched alkanes of at least 4 members (excludes halogenated alkanes) is 2. The number of rotatable bonds is 14. The van der Waals surface area contributed by atoms with E-state index in [0.717, 1.165) is 114 Å². The van der Waals surface area contributed by atoms with Crippen molar-refractivity contribution >= 4 is 34.6 Å². The summed E-state index contributed by atoms with van der Waals surface area (Å²) < 4.78 is 2.13. The summed E-state index contributed by atoms with van der Waals surface area (Å²) in [7, 11) is 2.09. The molecular weight excluding hydrogens is 564 g/mol. The minimum Gasteiger partial charge on any atom is -0.337 e. The van der Waals surface area contributed by atoms with Gasteiger partial charge in [0, 0.05) is 57.1 Å². The van der Waals surface area contributed by atoms with Crippen LogP contribution in [0.1, 0.15) is 86.1 Å². The molecule has 0 atom stereocenters. The highest BCUT2D eigenvalue weighted by molar-refractivity contribution is 5.95. The Hall–Kier alpha value is -3.50. The number of nitrogens with one attached hydrogen (secondary N) is 1. The third-order valence-electron chi connectivity index (χ3n) is 9.14. The van der Waals surface area contributed by atoms with Crippen LogP contribution in [0.2, 0.25) is 0 Å². The largest absolute Gasteiger partial charge is 0.337 e. The number of aromatic nitrogens is 3. The van der Waals surface area contributed by atoms with Crippen LogP contribution in [0.15, 0.2) is 36.4 Å². The molecule has 0 saturated carbocycles. The zero-order chi connectivity index (χ0) is 31.6. The fourth-order valence-electron chi connectivity index (χ4n) is 6.26. The Morgan fingerprint density at radius 3 is 2.16 bits per heavy atom. The molecule has 2 aromatic heterocycles. The van der Waals surface area contributed by atoms with Crippen LogP contribution in [0.4, 0.5) is 11.6 Å². The van der Waals surface area contributed by atoms with E-state index in [-0.39, 0.29) is 11.8 Å². The van der Waals surface area contributed by atoms with Crippen molar-refractivity contribution in [2.24, 2.45) is 0 Å². The zero-order valence-corrected chi connectivity index (χ0v) is 27.6. The molecule has 2 aliphatic rings. The fraction of sp³-hybridized carbons (Fsp3) is 0.600. The quantitative estimate of drug-likeness (QED) is 0.257. The second-order valence-corrected chi connectivity index (χ2v) is 12.7. The normalized spacial score (nSPS) is 16.3. The van der Waals surface area contributed by atoms with Gasteiger partial charge < -0.3 is 24.9 Å². The highest BCUT2D eigenvalue weighted by Gasteiger charge is 2.22. The second-order valence-electron chi connectivity index (χ2n) is 12.7. The minimum atomic E-state index is -0.00465. The molecule has 10 heteroatoms. The number of carbonyl (C=O) groups is 2. The van der Waals surface area contributed by atoms with Crippen molar-refractivity contribution in [3.05, 3.63) is 47.7 Å². The molecule has 5 rings (SSSR count). The first-order valence-electron chi connectivity index (χ1n) is 17.2. The Labute approximate surface area is 268 Å². The van der Waals surface area contributed by atoms with E-state index >= 15 is 0 Å². The molecule has 2 fully saturated rings. The topological polar surface area (TPSA) is 89.8 Å². The van der Waals surface area contributed by atoms with Gasteiger partial charge in [-0.3, -0.25) is 14.2 Å². The first kappa shape index (κ1) is 32.9. The first-order chi connectivity index (χ1) is 22.0. The lowest BCUT2D eigenvalue weighted by atomic mass is 10.1. The summed E-state index contributed by atoms with van der Waals surface area (Å²) >= 11 is 0. The van der Waals surface area contributed by atoms with Crippen LogP contribution in [0, 0.1) is 0 Å². The van der Waals surface area contributed by atoms with Gasteiger partial charge in [0.15, 0.2) is 5.65 Å². The molecule has 0 unspecified atom stereocenters. The summed E-state index contributed by atoms with van der Waals surface area (Å²) in [6, 6.07) is 11.4. The summed E-state index contributed by atoms with van der Waals surface area (Å²) in [6.45, 7) is 13.2. The second kappa shape index (κ2) is 16.2. The van der Waals surface area contributed by atoms with Crippen molar-refractivity contribution < 1.29 is 9.59 Å². The van der Waals surface area contributed by atoms with Gasteiger partial charge in [-0.1, -0.05) is 33.1 Å². The summed E-state index contributed by atoms with van der Waals surface area (Å²) in [4.78, 5) is 45.3. The molecule has 10 nitrogen and oxygen atoms in total. The van der Waals surface area contributed by atoms with Crippen LogP contribution in [-0.4, -0.2) is 112 Å². The van der Waals surface area contributed by atoms with E-state index in [1.54, 1.807) is 0 Å². The lowest BCUT2D eigenvalue weighted by Crippen LogP contribution is -2.47. The molecule has 0 bridgehead atoms. The van der Waals surface area contributed by atoms with Gasteiger partial charge in [-0.25, -0.2) is 9.97 Å². The van der Waals surface area contributed by atoms with Gasteiger partial charge in [0.1, 0.15) is 11.2 Å². The number of fused-ring (bicyclic) bond motifs is 1. The van der Waals surface area contributed by atoms with Crippen LogP contribution in [0.5, 0.6) is 0 Å². The van der Waals surface area contributed by atoms with Crippen molar-refractivity contribution in [3.63, 3.8) is 0 Å². The maximum absolute atomic E-state index is 13.6. The van der Waals surface area contributed by atoms with Crippen molar-refractivity contribution in [1.82, 2.24) is 34.1 Å². The summed E-state index contributed by atoms with van der Waals surface area (Å²) in [5, 5.41) is 3.50. The van der Waals surface area contributed by atoms with Crippen molar-refractivity contribution in [3.8, 4) is 0 Å². The van der Waals surface area contributed by atoms with E-state index in [2.05, 4.69) is 40.6 Å². The van der Waals surface area contributed by atoms with E-state index < -0.39 is 0 Å². The lowest BCUT2D eigenvalue weighted by Gasteiger charge is -2.32. The number of carbonyl (C=O) groups excluding carboxylic acids is 2. The molecule has 0 spiro atoms. The maximum Gasteiger partial charge on any atom is 0.272 e. The molecule has 0 radical (unpaired) electrons. The van der Waals surface area contributed by atoms with Gasteiger partial charge in [0.05, 0.1) is 0 Å². The lowest BCUT2D eigenvalue weighted by molar-refractivity contribution is 0.0663. The molecule has 2 saturated heterocycles. The number of nitrogens with zero attached hydrogens (tertiary/aromatic N) is 7. The van der Waals surface area contributed by atoms with E-state index in [1.807, 2.05) is 46.2 Å². The molecule has 45 heavy (non-hydrogen) atoms. The van der Waals surface area contributed by atoms with Crippen LogP contribution < -0.4 is 5.32 Å². The minimum absolute atomic E-state index is 0.00465. The predicted octanol–water partition coefficient (Wildman–Crippen LogP) is 5.48. The molecule has 2 amide bonds. The van der Waals surface area contributed by atoms with E-state index in [1.165, 1.54) is 19.3 Å². The number of aryl methyl sites for hydroxylation is 1. The van der Waals surface area contributed by atoms with Gasteiger partial charge in [-0.05, 0) is 95.2 Å². The van der Waals surface area contributed by atoms with Crippen LogP contribution in [0.3, 0.4) is 0 Å². The number of hydrogen-bond acceptors (Lipinski definition) is 7. The molecule has 1 N–H and O–H groups in total. The van der Waals surface area contributed by atoms with Crippen molar-refractivity contribution in [1.29, 1.82) is 0 Å². The summed E-state index contributed by atoms with van der Waals surface area (Å²) in [5.74, 6) is 0.774. The van der Waals surface area contributed by atoms with E-state index in [4.69, 9.17) is 9.97 Å². The van der Waals surface area contributed by atoms with Crippen LogP contribution >= 0.6 is 0 Å².